The smallest absolute Gasteiger partial charge is 0.0765 e. The fourth-order valence-corrected chi connectivity index (χ4v) is 2.66. The highest BCUT2D eigenvalue weighted by atomic mass is 15.3. The summed E-state index contributed by atoms with van der Waals surface area (Å²) in [7, 11) is 0. The molecule has 2 heterocycles. The first kappa shape index (κ1) is 14.5. The maximum Gasteiger partial charge on any atom is 0.0765 e. The van der Waals surface area contributed by atoms with Gasteiger partial charge in [0.15, 0.2) is 0 Å². The molecule has 1 aliphatic heterocycles. The van der Waals surface area contributed by atoms with Gasteiger partial charge in [-0.2, -0.15) is 5.10 Å². The molecule has 0 spiro atoms. The van der Waals surface area contributed by atoms with Crippen LogP contribution in [0.15, 0.2) is 12.3 Å². The van der Waals surface area contributed by atoms with E-state index in [-0.39, 0.29) is 0 Å². The van der Waals surface area contributed by atoms with Crippen molar-refractivity contribution < 1.29 is 0 Å². The van der Waals surface area contributed by atoms with Gasteiger partial charge >= 0.3 is 0 Å². The molecule has 1 aromatic rings. The Bertz CT molecular complexity index is 383. The van der Waals surface area contributed by atoms with E-state index < -0.39 is 0 Å². The maximum atomic E-state index is 4.66. The van der Waals surface area contributed by atoms with Gasteiger partial charge in [-0.25, -0.2) is 0 Å². The van der Waals surface area contributed by atoms with E-state index in [4.69, 9.17) is 0 Å². The quantitative estimate of drug-likeness (QED) is 0.856. The van der Waals surface area contributed by atoms with E-state index in [2.05, 4.69) is 55.3 Å². The lowest BCUT2D eigenvalue weighted by molar-refractivity contribution is 0.232. The van der Waals surface area contributed by atoms with Gasteiger partial charge in [0.05, 0.1) is 5.69 Å². The van der Waals surface area contributed by atoms with Crippen molar-refractivity contribution in [2.45, 2.75) is 65.2 Å². The van der Waals surface area contributed by atoms with Crippen molar-refractivity contribution in [2.75, 3.05) is 13.1 Å². The largest absolute Gasteiger partial charge is 0.313 e. The van der Waals surface area contributed by atoms with Crippen LogP contribution in [0, 0.1) is 0 Å². The van der Waals surface area contributed by atoms with Crippen LogP contribution in [-0.4, -0.2) is 39.9 Å². The van der Waals surface area contributed by atoms with Crippen LogP contribution in [0.4, 0.5) is 0 Å². The maximum absolute atomic E-state index is 4.66. The summed E-state index contributed by atoms with van der Waals surface area (Å²) in [5, 5.41) is 8.22. The number of hydrogen-bond acceptors (Lipinski definition) is 3. The van der Waals surface area contributed by atoms with Crippen molar-refractivity contribution in [1.82, 2.24) is 20.0 Å². The molecular weight excluding hydrogens is 236 g/mol. The summed E-state index contributed by atoms with van der Waals surface area (Å²) in [4.78, 5) is 2.57. The zero-order valence-corrected chi connectivity index (χ0v) is 12.8. The van der Waals surface area contributed by atoms with E-state index in [0.29, 0.717) is 18.1 Å². The molecule has 1 saturated heterocycles. The van der Waals surface area contributed by atoms with Gasteiger partial charge in [-0.1, -0.05) is 13.8 Å². The molecule has 0 aliphatic carbocycles. The highest BCUT2D eigenvalue weighted by Crippen LogP contribution is 2.19. The molecule has 0 bridgehead atoms. The lowest BCUT2D eigenvalue weighted by Crippen LogP contribution is -2.39. The summed E-state index contributed by atoms with van der Waals surface area (Å²) >= 11 is 0. The van der Waals surface area contributed by atoms with Crippen molar-refractivity contribution in [1.29, 1.82) is 0 Å². The van der Waals surface area contributed by atoms with Crippen LogP contribution in [0.1, 0.15) is 52.3 Å². The predicted octanol–water partition coefficient (Wildman–Crippen LogP) is 2.43. The Morgan fingerprint density at radius 1 is 1.37 bits per heavy atom. The number of likely N-dealkylation sites (tertiary alicyclic amines) is 1. The minimum absolute atomic E-state index is 0.450. The van der Waals surface area contributed by atoms with Crippen LogP contribution < -0.4 is 5.32 Å². The number of hydrogen-bond donors (Lipinski definition) is 1. The lowest BCUT2D eigenvalue weighted by Gasteiger charge is -2.24. The molecule has 108 valence electrons. The second-order valence-corrected chi connectivity index (χ2v) is 6.21. The standard InChI is InChI=1S/C15H28N4/c1-12(2)16-10-15-6-5-8-18(15)11-14-7-9-19(17-14)13(3)4/h7,9,12-13,15-16H,5-6,8,10-11H2,1-4H3. The molecule has 1 N–H and O–H groups in total. The summed E-state index contributed by atoms with van der Waals surface area (Å²) < 4.78 is 2.05. The van der Waals surface area contributed by atoms with Crippen molar-refractivity contribution >= 4 is 0 Å². The highest BCUT2D eigenvalue weighted by molar-refractivity contribution is 5.01. The van der Waals surface area contributed by atoms with E-state index in [1.165, 1.54) is 25.1 Å². The average Bonchev–Trinajstić information content (AvgIpc) is 2.96. The zero-order valence-electron chi connectivity index (χ0n) is 12.8. The third kappa shape index (κ3) is 4.05. The molecule has 0 aromatic carbocycles. The third-order valence-electron chi connectivity index (χ3n) is 3.82. The molecule has 0 radical (unpaired) electrons. The number of nitrogens with one attached hydrogen (secondary N) is 1. The first-order valence-electron chi connectivity index (χ1n) is 7.57. The van der Waals surface area contributed by atoms with Crippen LogP contribution >= 0.6 is 0 Å². The Morgan fingerprint density at radius 2 is 2.16 bits per heavy atom. The monoisotopic (exact) mass is 264 g/mol. The molecule has 1 aromatic heterocycles. The fraction of sp³-hybridized carbons (Fsp3) is 0.800. The fourth-order valence-electron chi connectivity index (χ4n) is 2.66. The molecule has 19 heavy (non-hydrogen) atoms. The lowest BCUT2D eigenvalue weighted by atomic mass is 10.2. The second kappa shape index (κ2) is 6.53. The van der Waals surface area contributed by atoms with Gasteiger partial charge in [0, 0.05) is 37.4 Å². The average molecular weight is 264 g/mol. The van der Waals surface area contributed by atoms with Crippen LogP contribution in [-0.2, 0) is 6.54 Å². The molecule has 1 aliphatic rings. The van der Waals surface area contributed by atoms with Gasteiger partial charge < -0.3 is 5.32 Å². The van der Waals surface area contributed by atoms with Gasteiger partial charge in [0.25, 0.3) is 0 Å². The Kier molecular flexibility index (Phi) is 4.99. The molecular formula is C15H28N4. The molecule has 4 nitrogen and oxygen atoms in total. The van der Waals surface area contributed by atoms with Crippen LogP contribution in [0.3, 0.4) is 0 Å². The van der Waals surface area contributed by atoms with Gasteiger partial charge in [0.1, 0.15) is 0 Å². The SMILES string of the molecule is CC(C)NCC1CCCN1Cc1ccn(C(C)C)n1. The third-order valence-corrected chi connectivity index (χ3v) is 3.82. The summed E-state index contributed by atoms with van der Waals surface area (Å²) in [5.74, 6) is 0. The Labute approximate surface area is 117 Å². The molecule has 0 saturated carbocycles. The molecule has 1 atom stereocenters. The van der Waals surface area contributed by atoms with Gasteiger partial charge in [-0.05, 0) is 39.3 Å². The number of rotatable bonds is 6. The molecule has 0 amide bonds. The minimum atomic E-state index is 0.450. The summed E-state index contributed by atoms with van der Waals surface area (Å²) in [6, 6.07) is 3.85. The second-order valence-electron chi connectivity index (χ2n) is 6.21. The van der Waals surface area contributed by atoms with Crippen LogP contribution in [0.2, 0.25) is 0 Å². The Morgan fingerprint density at radius 3 is 2.79 bits per heavy atom. The van der Waals surface area contributed by atoms with E-state index in [0.717, 1.165) is 13.1 Å². The Hall–Kier alpha value is -0.870. The Balaban J connectivity index is 1.89. The summed E-state index contributed by atoms with van der Waals surface area (Å²) in [6.07, 6.45) is 4.72. The van der Waals surface area contributed by atoms with E-state index in [9.17, 15) is 0 Å². The molecule has 1 unspecified atom stereocenters. The topological polar surface area (TPSA) is 33.1 Å². The normalized spacial score (nSPS) is 20.8. The van der Waals surface area contributed by atoms with Crippen molar-refractivity contribution in [3.05, 3.63) is 18.0 Å². The first-order chi connectivity index (χ1) is 9.06. The van der Waals surface area contributed by atoms with E-state index >= 15 is 0 Å². The van der Waals surface area contributed by atoms with Crippen LogP contribution in [0.25, 0.3) is 0 Å². The van der Waals surface area contributed by atoms with Gasteiger partial charge in [-0.3, -0.25) is 9.58 Å². The number of nitrogens with zero attached hydrogens (tertiary/aromatic N) is 3. The van der Waals surface area contributed by atoms with Crippen molar-refractivity contribution in [3.8, 4) is 0 Å². The van der Waals surface area contributed by atoms with E-state index in [1.54, 1.807) is 0 Å². The first-order valence-corrected chi connectivity index (χ1v) is 7.57. The van der Waals surface area contributed by atoms with Gasteiger partial charge in [0.2, 0.25) is 0 Å². The van der Waals surface area contributed by atoms with Gasteiger partial charge in [-0.15, -0.1) is 0 Å². The molecule has 4 heteroatoms. The molecule has 1 fully saturated rings. The van der Waals surface area contributed by atoms with Crippen molar-refractivity contribution in [3.63, 3.8) is 0 Å². The van der Waals surface area contributed by atoms with E-state index in [1.807, 2.05) is 4.68 Å². The highest BCUT2D eigenvalue weighted by Gasteiger charge is 2.24. The minimum Gasteiger partial charge on any atom is -0.313 e. The zero-order chi connectivity index (χ0) is 13.8. The summed E-state index contributed by atoms with van der Waals surface area (Å²) in [5.41, 5.74) is 1.20. The van der Waals surface area contributed by atoms with Crippen LogP contribution in [0.5, 0.6) is 0 Å². The van der Waals surface area contributed by atoms with Crippen molar-refractivity contribution in [2.24, 2.45) is 0 Å². The summed E-state index contributed by atoms with van der Waals surface area (Å²) in [6.45, 7) is 12.1. The number of aromatic nitrogens is 2. The molecule has 2 rings (SSSR count). The predicted molar refractivity (Wildman–Crippen MR) is 79.2 cm³/mol.